The molecule has 3 rings (SSSR count). The van der Waals surface area contributed by atoms with Crippen molar-refractivity contribution < 1.29 is 9.47 Å². The van der Waals surface area contributed by atoms with E-state index in [9.17, 15) is 5.26 Å². The number of imidazole rings is 1. The zero-order valence-electron chi connectivity index (χ0n) is 13.6. The van der Waals surface area contributed by atoms with Crippen LogP contribution in [0.3, 0.4) is 0 Å². The maximum Gasteiger partial charge on any atom is 0.161 e. The lowest BCUT2D eigenvalue weighted by atomic mass is 10.1. The number of hydrogen-bond acceptors (Lipinski definition) is 4. The Kier molecular flexibility index (Phi) is 4.48. The maximum absolute atomic E-state index is 9.25. The Labute approximate surface area is 140 Å². The topological polar surface area (TPSA) is 60.1 Å². The molecule has 0 aliphatic heterocycles. The van der Waals surface area contributed by atoms with Gasteiger partial charge in [-0.1, -0.05) is 18.2 Å². The number of ether oxygens (including phenoxy) is 2. The SMILES string of the molecule is COc1ccc(-c2nccn2Cc2ccccc2C#N)cc1OC. The number of nitriles is 1. The van der Waals surface area contributed by atoms with Gasteiger partial charge in [0.05, 0.1) is 32.4 Å². The van der Waals surface area contributed by atoms with Crippen LogP contribution in [0.1, 0.15) is 11.1 Å². The molecule has 0 spiro atoms. The maximum atomic E-state index is 9.25. The summed E-state index contributed by atoms with van der Waals surface area (Å²) in [6.45, 7) is 0.577. The summed E-state index contributed by atoms with van der Waals surface area (Å²) in [7, 11) is 3.22. The second-order valence-corrected chi connectivity index (χ2v) is 5.22. The fraction of sp³-hybridized carbons (Fsp3) is 0.158. The standard InChI is InChI=1S/C19H17N3O2/c1-23-17-8-7-14(11-18(17)24-2)19-21-9-10-22(19)13-16-6-4-3-5-15(16)12-20/h3-11H,13H2,1-2H3. The van der Waals surface area contributed by atoms with E-state index in [1.807, 2.05) is 53.2 Å². The second kappa shape index (κ2) is 6.88. The number of rotatable bonds is 5. The van der Waals surface area contributed by atoms with Gasteiger partial charge in [0.1, 0.15) is 5.82 Å². The van der Waals surface area contributed by atoms with Gasteiger partial charge in [-0.3, -0.25) is 0 Å². The lowest BCUT2D eigenvalue weighted by Gasteiger charge is -2.12. The molecule has 0 saturated carbocycles. The van der Waals surface area contributed by atoms with E-state index in [4.69, 9.17) is 9.47 Å². The molecule has 5 heteroatoms. The molecule has 0 saturated heterocycles. The number of hydrogen-bond donors (Lipinski definition) is 0. The quantitative estimate of drug-likeness (QED) is 0.722. The van der Waals surface area contributed by atoms with Crippen LogP contribution in [0.4, 0.5) is 0 Å². The van der Waals surface area contributed by atoms with Crippen LogP contribution in [0, 0.1) is 11.3 Å². The van der Waals surface area contributed by atoms with Crippen molar-refractivity contribution in [3.8, 4) is 29.0 Å². The molecule has 24 heavy (non-hydrogen) atoms. The van der Waals surface area contributed by atoms with Crippen LogP contribution in [-0.4, -0.2) is 23.8 Å². The van der Waals surface area contributed by atoms with Gasteiger partial charge >= 0.3 is 0 Å². The highest BCUT2D eigenvalue weighted by molar-refractivity contribution is 5.61. The van der Waals surface area contributed by atoms with Gasteiger partial charge in [-0.15, -0.1) is 0 Å². The summed E-state index contributed by atoms with van der Waals surface area (Å²) >= 11 is 0. The molecule has 0 aliphatic rings. The van der Waals surface area contributed by atoms with E-state index in [0.717, 1.165) is 17.0 Å². The summed E-state index contributed by atoms with van der Waals surface area (Å²) in [5.41, 5.74) is 2.55. The summed E-state index contributed by atoms with van der Waals surface area (Å²) in [4.78, 5) is 4.45. The van der Waals surface area contributed by atoms with Crippen LogP contribution in [-0.2, 0) is 6.54 Å². The minimum atomic E-state index is 0.577. The average molecular weight is 319 g/mol. The van der Waals surface area contributed by atoms with Crippen molar-refractivity contribution in [3.05, 3.63) is 66.0 Å². The normalized spacial score (nSPS) is 10.2. The molecule has 0 fully saturated rings. The molecule has 1 heterocycles. The van der Waals surface area contributed by atoms with Crippen molar-refractivity contribution in [3.63, 3.8) is 0 Å². The Morgan fingerprint density at radius 1 is 1.08 bits per heavy atom. The molecule has 0 bridgehead atoms. The molecule has 3 aromatic rings. The van der Waals surface area contributed by atoms with Gasteiger partial charge < -0.3 is 14.0 Å². The molecule has 0 atom stereocenters. The Balaban J connectivity index is 1.98. The first-order valence-electron chi connectivity index (χ1n) is 7.48. The van der Waals surface area contributed by atoms with Crippen LogP contribution >= 0.6 is 0 Å². The first-order chi connectivity index (χ1) is 11.8. The van der Waals surface area contributed by atoms with Crippen molar-refractivity contribution in [1.29, 1.82) is 5.26 Å². The number of benzene rings is 2. The van der Waals surface area contributed by atoms with E-state index in [-0.39, 0.29) is 0 Å². The largest absolute Gasteiger partial charge is 0.493 e. The van der Waals surface area contributed by atoms with Gasteiger partial charge in [0, 0.05) is 18.0 Å². The number of nitrogens with zero attached hydrogens (tertiary/aromatic N) is 3. The van der Waals surface area contributed by atoms with Crippen LogP contribution < -0.4 is 9.47 Å². The van der Waals surface area contributed by atoms with E-state index >= 15 is 0 Å². The van der Waals surface area contributed by atoms with E-state index in [1.165, 1.54) is 0 Å². The van der Waals surface area contributed by atoms with E-state index in [2.05, 4.69) is 11.1 Å². The van der Waals surface area contributed by atoms with E-state index < -0.39 is 0 Å². The van der Waals surface area contributed by atoms with Crippen molar-refractivity contribution in [2.24, 2.45) is 0 Å². The van der Waals surface area contributed by atoms with Crippen molar-refractivity contribution in [2.75, 3.05) is 14.2 Å². The van der Waals surface area contributed by atoms with Gasteiger partial charge in [0.2, 0.25) is 0 Å². The molecular weight excluding hydrogens is 302 g/mol. The minimum absolute atomic E-state index is 0.577. The van der Waals surface area contributed by atoms with E-state index in [0.29, 0.717) is 23.6 Å². The van der Waals surface area contributed by atoms with Crippen molar-refractivity contribution in [1.82, 2.24) is 9.55 Å². The van der Waals surface area contributed by atoms with Gasteiger partial charge in [0.25, 0.3) is 0 Å². The first-order valence-corrected chi connectivity index (χ1v) is 7.48. The van der Waals surface area contributed by atoms with Crippen LogP contribution in [0.5, 0.6) is 11.5 Å². The van der Waals surface area contributed by atoms with Gasteiger partial charge in [-0.25, -0.2) is 4.98 Å². The third kappa shape index (κ3) is 2.95. The highest BCUT2D eigenvalue weighted by Gasteiger charge is 2.12. The number of methoxy groups -OCH3 is 2. The van der Waals surface area contributed by atoms with Crippen molar-refractivity contribution in [2.45, 2.75) is 6.54 Å². The molecule has 120 valence electrons. The number of aromatic nitrogens is 2. The predicted molar refractivity (Wildman–Crippen MR) is 91.0 cm³/mol. The average Bonchev–Trinajstić information content (AvgIpc) is 3.09. The Bertz CT molecular complexity index is 894. The Morgan fingerprint density at radius 3 is 2.62 bits per heavy atom. The Morgan fingerprint density at radius 2 is 1.88 bits per heavy atom. The summed E-state index contributed by atoms with van der Waals surface area (Å²) in [5.74, 6) is 2.14. The molecule has 5 nitrogen and oxygen atoms in total. The fourth-order valence-corrected chi connectivity index (χ4v) is 2.62. The van der Waals surface area contributed by atoms with E-state index in [1.54, 1.807) is 20.4 Å². The fourth-order valence-electron chi connectivity index (χ4n) is 2.62. The first kappa shape index (κ1) is 15.6. The second-order valence-electron chi connectivity index (χ2n) is 5.22. The molecule has 0 unspecified atom stereocenters. The van der Waals surface area contributed by atoms with Gasteiger partial charge in [0.15, 0.2) is 11.5 Å². The predicted octanol–water partition coefficient (Wildman–Crippen LogP) is 3.49. The van der Waals surface area contributed by atoms with Crippen LogP contribution in [0.15, 0.2) is 54.9 Å². The van der Waals surface area contributed by atoms with Crippen LogP contribution in [0.2, 0.25) is 0 Å². The van der Waals surface area contributed by atoms with Gasteiger partial charge in [-0.2, -0.15) is 5.26 Å². The zero-order chi connectivity index (χ0) is 16.9. The lowest BCUT2D eigenvalue weighted by molar-refractivity contribution is 0.355. The monoisotopic (exact) mass is 319 g/mol. The summed E-state index contributed by atoms with van der Waals surface area (Å²) in [6.07, 6.45) is 3.65. The highest BCUT2D eigenvalue weighted by Crippen LogP contribution is 2.31. The summed E-state index contributed by atoms with van der Waals surface area (Å²) in [6, 6.07) is 15.5. The zero-order valence-corrected chi connectivity index (χ0v) is 13.6. The summed E-state index contributed by atoms with van der Waals surface area (Å²) < 4.78 is 12.7. The molecule has 0 radical (unpaired) electrons. The van der Waals surface area contributed by atoms with Crippen molar-refractivity contribution >= 4 is 0 Å². The molecule has 0 amide bonds. The third-order valence-electron chi connectivity index (χ3n) is 3.84. The molecule has 0 N–H and O–H groups in total. The summed E-state index contributed by atoms with van der Waals surface area (Å²) in [5, 5.41) is 9.25. The molecule has 1 aromatic heterocycles. The van der Waals surface area contributed by atoms with Crippen LogP contribution in [0.25, 0.3) is 11.4 Å². The molecular formula is C19H17N3O2. The smallest absolute Gasteiger partial charge is 0.161 e. The third-order valence-corrected chi connectivity index (χ3v) is 3.84. The lowest BCUT2D eigenvalue weighted by Crippen LogP contribution is -2.03. The molecule has 2 aromatic carbocycles. The minimum Gasteiger partial charge on any atom is -0.493 e. The Hall–Kier alpha value is -3.26. The van der Waals surface area contributed by atoms with Gasteiger partial charge in [-0.05, 0) is 29.8 Å². The molecule has 0 aliphatic carbocycles. The highest BCUT2D eigenvalue weighted by atomic mass is 16.5.